The van der Waals surface area contributed by atoms with Gasteiger partial charge in [0.05, 0.1) is 0 Å². The maximum Gasteiger partial charge on any atom is 0.100 e. The van der Waals surface area contributed by atoms with E-state index in [1.807, 2.05) is 0 Å². The lowest BCUT2D eigenvalue weighted by molar-refractivity contribution is 0.505. The molecule has 0 radical (unpaired) electrons. The van der Waals surface area contributed by atoms with Gasteiger partial charge in [0.1, 0.15) is 6.67 Å². The normalized spacial score (nSPS) is 6.40. The van der Waals surface area contributed by atoms with E-state index in [2.05, 4.69) is 12.3 Å². The summed E-state index contributed by atoms with van der Waals surface area (Å²) in [4.78, 5) is 0. The molecule has 0 aromatic heterocycles. The molecule has 0 amide bonds. The van der Waals surface area contributed by atoms with E-state index in [0.29, 0.717) is 0 Å². The predicted octanol–water partition coefficient (Wildman–Crippen LogP) is 0.979. The standard InChI is InChI=1S/C4H5F/c1-2-3-4-5/h1H,3-4H2. The molecule has 0 N–H and O–H groups in total. The molecule has 0 rings (SSSR count). The molecule has 0 aliphatic carbocycles. The summed E-state index contributed by atoms with van der Waals surface area (Å²) in [5.74, 6) is 2.14. The number of hydrogen-bond acceptors (Lipinski definition) is 0. The highest BCUT2D eigenvalue weighted by Gasteiger charge is 1.65. The van der Waals surface area contributed by atoms with Crippen molar-refractivity contribution < 1.29 is 4.39 Å². The van der Waals surface area contributed by atoms with Gasteiger partial charge in [-0.15, -0.1) is 12.3 Å². The molecule has 0 saturated carbocycles. The average Bonchev–Trinajstić information content (AvgIpc) is 1.41. The number of halogens is 1. The van der Waals surface area contributed by atoms with Crippen molar-refractivity contribution in [2.75, 3.05) is 6.67 Å². The summed E-state index contributed by atoms with van der Waals surface area (Å²) >= 11 is 0. The summed E-state index contributed by atoms with van der Waals surface area (Å²) in [5, 5.41) is 0. The summed E-state index contributed by atoms with van der Waals surface area (Å²) < 4.78 is 10.9. The summed E-state index contributed by atoms with van der Waals surface area (Å²) in [6.45, 7) is -0.392. The smallest absolute Gasteiger partial charge is 0.100 e. The third-order valence-electron chi connectivity index (χ3n) is 0.239. The third kappa shape index (κ3) is 3.49. The van der Waals surface area contributed by atoms with Crippen LogP contribution in [0.1, 0.15) is 6.42 Å². The second-order valence-electron chi connectivity index (χ2n) is 0.643. The first-order chi connectivity index (χ1) is 2.41. The molecular weight excluding hydrogens is 67.0 g/mol. The fraction of sp³-hybridized carbons (Fsp3) is 0.500. The Bertz CT molecular complexity index is 42.1. The van der Waals surface area contributed by atoms with E-state index in [-0.39, 0.29) is 6.42 Å². The molecule has 5 heavy (non-hydrogen) atoms. The number of rotatable bonds is 1. The molecular formula is C4H5F. The maximum atomic E-state index is 10.9. The van der Waals surface area contributed by atoms with E-state index in [1.54, 1.807) is 0 Å². The van der Waals surface area contributed by atoms with Crippen LogP contribution >= 0.6 is 0 Å². The zero-order valence-electron chi connectivity index (χ0n) is 2.87. The van der Waals surface area contributed by atoms with Crippen LogP contribution in [0.4, 0.5) is 4.39 Å². The van der Waals surface area contributed by atoms with Crippen molar-refractivity contribution in [3.8, 4) is 12.3 Å². The third-order valence-corrected chi connectivity index (χ3v) is 0.239. The van der Waals surface area contributed by atoms with Gasteiger partial charge in [0.15, 0.2) is 0 Å². The van der Waals surface area contributed by atoms with Gasteiger partial charge < -0.3 is 0 Å². The molecule has 0 aromatic carbocycles. The molecule has 0 aromatic rings. The van der Waals surface area contributed by atoms with E-state index in [9.17, 15) is 4.39 Å². The van der Waals surface area contributed by atoms with Crippen LogP contribution in [0.25, 0.3) is 0 Å². The lowest BCUT2D eigenvalue weighted by Crippen LogP contribution is -1.63. The molecule has 1 heteroatoms. The van der Waals surface area contributed by atoms with E-state index in [0.717, 1.165) is 0 Å². The van der Waals surface area contributed by atoms with Gasteiger partial charge in [-0.25, -0.2) is 0 Å². The van der Waals surface area contributed by atoms with Crippen LogP contribution < -0.4 is 0 Å². The number of terminal acetylenes is 1. The fourth-order valence-corrected chi connectivity index (χ4v) is 0.0546. The molecule has 0 aliphatic heterocycles. The van der Waals surface area contributed by atoms with Crippen molar-refractivity contribution in [3.63, 3.8) is 0 Å². The van der Waals surface area contributed by atoms with Crippen LogP contribution in [0, 0.1) is 12.3 Å². The fourth-order valence-electron chi connectivity index (χ4n) is 0.0546. The van der Waals surface area contributed by atoms with Gasteiger partial charge in [0, 0.05) is 6.42 Å². The Morgan fingerprint density at radius 2 is 2.40 bits per heavy atom. The summed E-state index contributed by atoms with van der Waals surface area (Å²) in [6, 6.07) is 0. The Labute approximate surface area is 31.0 Å². The Hall–Kier alpha value is -0.510. The molecule has 0 fully saturated rings. The van der Waals surface area contributed by atoms with Gasteiger partial charge in [-0.05, 0) is 0 Å². The molecule has 0 saturated heterocycles. The zero-order chi connectivity index (χ0) is 4.12. The second-order valence-corrected chi connectivity index (χ2v) is 0.643. The first-order valence-corrected chi connectivity index (χ1v) is 1.41. The van der Waals surface area contributed by atoms with Gasteiger partial charge in [-0.1, -0.05) is 0 Å². The molecule has 28 valence electrons. The topological polar surface area (TPSA) is 0 Å². The average molecular weight is 72.1 g/mol. The predicted molar refractivity (Wildman–Crippen MR) is 19.4 cm³/mol. The van der Waals surface area contributed by atoms with Gasteiger partial charge in [-0.2, -0.15) is 0 Å². The van der Waals surface area contributed by atoms with E-state index >= 15 is 0 Å². The van der Waals surface area contributed by atoms with Crippen molar-refractivity contribution in [2.45, 2.75) is 6.42 Å². The van der Waals surface area contributed by atoms with E-state index < -0.39 is 6.67 Å². The van der Waals surface area contributed by atoms with Gasteiger partial charge >= 0.3 is 0 Å². The summed E-state index contributed by atoms with van der Waals surface area (Å²) in [7, 11) is 0. The SMILES string of the molecule is C#CCCF. The van der Waals surface area contributed by atoms with Gasteiger partial charge in [0.25, 0.3) is 0 Å². The Kier molecular flexibility index (Phi) is 3.13. The molecule has 0 atom stereocenters. The quantitative estimate of drug-likeness (QED) is 0.405. The van der Waals surface area contributed by atoms with Crippen LogP contribution in [0.3, 0.4) is 0 Å². The lowest BCUT2D eigenvalue weighted by atomic mass is 10.5. The highest BCUT2D eigenvalue weighted by atomic mass is 19.1. The first-order valence-electron chi connectivity index (χ1n) is 1.41. The van der Waals surface area contributed by atoms with E-state index in [1.165, 1.54) is 0 Å². The number of hydrogen-bond donors (Lipinski definition) is 0. The molecule has 0 aliphatic rings. The van der Waals surface area contributed by atoms with Gasteiger partial charge in [-0.3, -0.25) is 4.39 Å². The van der Waals surface area contributed by atoms with E-state index in [4.69, 9.17) is 0 Å². The van der Waals surface area contributed by atoms with Crippen molar-refractivity contribution in [3.05, 3.63) is 0 Å². The summed E-state index contributed by atoms with van der Waals surface area (Å²) in [6.07, 6.45) is 4.90. The van der Waals surface area contributed by atoms with Gasteiger partial charge in [0.2, 0.25) is 0 Å². The highest BCUT2D eigenvalue weighted by molar-refractivity contribution is 4.82. The Balaban J connectivity index is 2.48. The van der Waals surface area contributed by atoms with Crippen molar-refractivity contribution in [2.24, 2.45) is 0 Å². The van der Waals surface area contributed by atoms with Crippen LogP contribution in [0.5, 0.6) is 0 Å². The van der Waals surface area contributed by atoms with Crippen LogP contribution in [-0.2, 0) is 0 Å². The molecule has 0 nitrogen and oxygen atoms in total. The van der Waals surface area contributed by atoms with Crippen molar-refractivity contribution in [1.29, 1.82) is 0 Å². The minimum Gasteiger partial charge on any atom is -0.250 e. The maximum absolute atomic E-state index is 10.9. The van der Waals surface area contributed by atoms with Crippen molar-refractivity contribution >= 4 is 0 Å². The molecule has 0 heterocycles. The second kappa shape index (κ2) is 3.49. The minimum absolute atomic E-state index is 0.250. The Morgan fingerprint density at radius 1 is 1.80 bits per heavy atom. The number of alkyl halides is 1. The first kappa shape index (κ1) is 4.49. The molecule has 0 spiro atoms. The summed E-state index contributed by atoms with van der Waals surface area (Å²) in [5.41, 5.74) is 0. The van der Waals surface area contributed by atoms with Crippen LogP contribution in [0.2, 0.25) is 0 Å². The lowest BCUT2D eigenvalue weighted by Gasteiger charge is -1.66. The monoisotopic (exact) mass is 72.0 g/mol. The minimum atomic E-state index is -0.392. The zero-order valence-corrected chi connectivity index (χ0v) is 2.87. The van der Waals surface area contributed by atoms with Crippen LogP contribution in [-0.4, -0.2) is 6.67 Å². The highest BCUT2D eigenvalue weighted by Crippen LogP contribution is 1.70. The van der Waals surface area contributed by atoms with Crippen LogP contribution in [0.15, 0.2) is 0 Å². The Morgan fingerprint density at radius 3 is 2.40 bits per heavy atom. The molecule has 0 bridgehead atoms. The largest absolute Gasteiger partial charge is 0.250 e. The van der Waals surface area contributed by atoms with Crippen molar-refractivity contribution in [1.82, 2.24) is 0 Å². The molecule has 0 unspecified atom stereocenters.